The van der Waals surface area contributed by atoms with Gasteiger partial charge in [-0.3, -0.25) is 19.3 Å². The second-order valence-electron chi connectivity index (χ2n) is 12.2. The van der Waals surface area contributed by atoms with Crippen molar-refractivity contribution in [3.63, 3.8) is 0 Å². The zero-order chi connectivity index (χ0) is 29.5. The van der Waals surface area contributed by atoms with Crippen LogP contribution in [0.25, 0.3) is 0 Å². The molecule has 1 unspecified atom stereocenters. The molecule has 3 amide bonds. The molecule has 5 aliphatic heterocycles. The van der Waals surface area contributed by atoms with Gasteiger partial charge in [0.25, 0.3) is 0 Å². The van der Waals surface area contributed by atoms with Crippen molar-refractivity contribution in [2.75, 3.05) is 59.1 Å². The smallest absolute Gasteiger partial charge is 0.249 e. The van der Waals surface area contributed by atoms with E-state index in [0.717, 1.165) is 18.7 Å². The molecule has 10 nitrogen and oxygen atoms in total. The lowest BCUT2D eigenvalue weighted by atomic mass is 9.74. The second-order valence-corrected chi connectivity index (χ2v) is 12.2. The second kappa shape index (κ2) is 11.6. The molecule has 0 aliphatic carbocycles. The van der Waals surface area contributed by atoms with Crippen LogP contribution in [0.1, 0.15) is 25.8 Å². The summed E-state index contributed by atoms with van der Waals surface area (Å²) in [6, 6.07) is 8.27. The van der Waals surface area contributed by atoms with Gasteiger partial charge >= 0.3 is 0 Å². The van der Waals surface area contributed by atoms with E-state index in [1.165, 1.54) is 0 Å². The van der Waals surface area contributed by atoms with Crippen molar-refractivity contribution < 1.29 is 29.0 Å². The average molecular weight is 579 g/mol. The summed E-state index contributed by atoms with van der Waals surface area (Å²) in [5, 5.41) is 10.4. The highest BCUT2D eigenvalue weighted by atomic mass is 16.5. The normalized spacial score (nSPS) is 33.8. The van der Waals surface area contributed by atoms with Crippen LogP contribution in [0.3, 0.4) is 0 Å². The van der Waals surface area contributed by atoms with Crippen LogP contribution >= 0.6 is 0 Å². The number of hydrogen-bond acceptors (Lipinski definition) is 7. The number of benzene rings is 1. The Labute approximate surface area is 247 Å². The minimum atomic E-state index is -1.32. The molecule has 6 rings (SSSR count). The van der Waals surface area contributed by atoms with Crippen LogP contribution < -0.4 is 0 Å². The summed E-state index contributed by atoms with van der Waals surface area (Å²) < 4.78 is 12.4. The van der Waals surface area contributed by atoms with E-state index < -0.39 is 35.1 Å². The van der Waals surface area contributed by atoms with Crippen LogP contribution in [0.15, 0.2) is 54.6 Å². The Morgan fingerprint density at radius 2 is 1.64 bits per heavy atom. The molecule has 10 heteroatoms. The third-order valence-corrected chi connectivity index (χ3v) is 9.74. The molecule has 226 valence electrons. The summed E-state index contributed by atoms with van der Waals surface area (Å²) in [5.41, 5.74) is -1.39. The van der Waals surface area contributed by atoms with E-state index >= 15 is 0 Å². The molecule has 5 aliphatic rings. The fraction of sp³-hybridized carbons (Fsp3) is 0.594. The number of aliphatic hydroxyl groups is 1. The van der Waals surface area contributed by atoms with Crippen LogP contribution in [-0.4, -0.2) is 125 Å². The zero-order valence-electron chi connectivity index (χ0n) is 24.6. The maximum absolute atomic E-state index is 14.5. The summed E-state index contributed by atoms with van der Waals surface area (Å²) in [7, 11) is 0. The van der Waals surface area contributed by atoms with Gasteiger partial charge in [-0.15, -0.1) is 0 Å². The van der Waals surface area contributed by atoms with Gasteiger partial charge < -0.3 is 29.3 Å². The number of rotatable bonds is 8. The monoisotopic (exact) mass is 578 g/mol. The van der Waals surface area contributed by atoms with Gasteiger partial charge in [0.15, 0.2) is 0 Å². The molecule has 3 saturated heterocycles. The molecule has 3 fully saturated rings. The summed E-state index contributed by atoms with van der Waals surface area (Å²) in [4.78, 5) is 50.7. The van der Waals surface area contributed by atoms with Gasteiger partial charge in [-0.25, -0.2) is 0 Å². The first kappa shape index (κ1) is 29.0. The van der Waals surface area contributed by atoms with Crippen molar-refractivity contribution in [1.29, 1.82) is 0 Å². The van der Waals surface area contributed by atoms with Gasteiger partial charge in [0, 0.05) is 45.8 Å². The lowest BCUT2D eigenvalue weighted by Gasteiger charge is -2.40. The van der Waals surface area contributed by atoms with E-state index in [0.29, 0.717) is 52.4 Å². The van der Waals surface area contributed by atoms with Crippen LogP contribution in [0.5, 0.6) is 0 Å². The van der Waals surface area contributed by atoms with E-state index in [9.17, 15) is 19.5 Å². The van der Waals surface area contributed by atoms with Crippen LogP contribution in [-0.2, 0) is 30.4 Å². The Kier molecular flexibility index (Phi) is 7.99. The number of fused-ring (bicyclic) bond motifs is 2. The molecule has 0 bridgehead atoms. The summed E-state index contributed by atoms with van der Waals surface area (Å²) in [5.74, 6) is -2.36. The molecule has 1 aromatic rings. The van der Waals surface area contributed by atoms with E-state index in [1.54, 1.807) is 14.7 Å². The van der Waals surface area contributed by atoms with E-state index in [1.807, 2.05) is 68.5 Å². The van der Waals surface area contributed by atoms with Crippen LogP contribution in [0, 0.1) is 11.8 Å². The topological polar surface area (TPSA) is 103 Å². The Morgan fingerprint density at radius 1 is 0.929 bits per heavy atom. The van der Waals surface area contributed by atoms with Crippen molar-refractivity contribution in [2.45, 2.75) is 50.1 Å². The summed E-state index contributed by atoms with van der Waals surface area (Å²) >= 11 is 0. The highest BCUT2D eigenvalue weighted by Crippen LogP contribution is 2.58. The molecule has 1 spiro atoms. The van der Waals surface area contributed by atoms with Crippen molar-refractivity contribution in [1.82, 2.24) is 19.6 Å². The predicted molar refractivity (Wildman–Crippen MR) is 155 cm³/mol. The predicted octanol–water partition coefficient (Wildman–Crippen LogP) is 1.06. The number of hydrogen-bond donors (Lipinski definition) is 1. The van der Waals surface area contributed by atoms with Crippen molar-refractivity contribution >= 4 is 17.7 Å². The minimum absolute atomic E-state index is 0.159. The third kappa shape index (κ3) is 4.78. The minimum Gasteiger partial charge on any atom is -0.394 e. The Balaban J connectivity index is 1.36. The number of nitrogens with zero attached hydrogens (tertiary/aromatic N) is 4. The molecule has 0 radical (unpaired) electrons. The number of carbonyl (C=O) groups excluding carboxylic acids is 3. The quantitative estimate of drug-likeness (QED) is 0.461. The lowest BCUT2D eigenvalue weighted by Crippen LogP contribution is -2.59. The van der Waals surface area contributed by atoms with Crippen LogP contribution in [0.2, 0.25) is 0 Å². The number of carbonyl (C=O) groups is 3. The fourth-order valence-corrected chi connectivity index (χ4v) is 7.60. The molecule has 1 N–H and O–H groups in total. The molecular formula is C32H42N4O6. The Morgan fingerprint density at radius 3 is 2.36 bits per heavy atom. The first-order valence-corrected chi connectivity index (χ1v) is 15.2. The van der Waals surface area contributed by atoms with E-state index in [4.69, 9.17) is 9.47 Å². The number of likely N-dealkylation sites (tertiary alicyclic amines) is 1. The zero-order valence-corrected chi connectivity index (χ0v) is 24.6. The molecule has 0 saturated carbocycles. The average Bonchev–Trinajstić information content (AvgIpc) is 3.28. The van der Waals surface area contributed by atoms with Gasteiger partial charge in [-0.05, 0) is 18.9 Å². The van der Waals surface area contributed by atoms with E-state index in [-0.39, 0.29) is 24.3 Å². The van der Waals surface area contributed by atoms with Gasteiger partial charge in [-0.1, -0.05) is 61.6 Å². The number of morpholine rings is 1. The first-order valence-electron chi connectivity index (χ1n) is 15.2. The molecule has 0 aromatic heterocycles. The lowest BCUT2D eigenvalue weighted by molar-refractivity contribution is -0.156. The maximum Gasteiger partial charge on any atom is 0.249 e. The fourth-order valence-electron chi connectivity index (χ4n) is 7.60. The largest absolute Gasteiger partial charge is 0.394 e. The van der Waals surface area contributed by atoms with Crippen molar-refractivity contribution in [3.05, 3.63) is 60.2 Å². The highest BCUT2D eigenvalue weighted by Gasteiger charge is 2.75. The van der Waals surface area contributed by atoms with Crippen LogP contribution in [0.4, 0.5) is 0 Å². The molecule has 5 heterocycles. The number of ether oxygens (including phenoxy) is 2. The van der Waals surface area contributed by atoms with E-state index in [2.05, 4.69) is 4.90 Å². The first-order chi connectivity index (χ1) is 20.3. The standard InChI is InChI=1S/C32H42N4O6/c1-3-24(22-37)36-27-30(40)34(16-15-33-17-19-41-20-18-33)13-8-12-32(27)26(29(36)39)25-28(38)35(14-7-11-31(25,2)42-32)21-23-9-5-4-6-10-23/h4-12,24-27,37H,3,13-22H2,1-2H3/t24-,25-,26-,27?,31+,32-/m0/s1. The van der Waals surface area contributed by atoms with Gasteiger partial charge in [0.05, 0.1) is 43.3 Å². The summed E-state index contributed by atoms with van der Waals surface area (Å²) in [6.07, 6.45) is 8.12. The molecule has 42 heavy (non-hydrogen) atoms. The van der Waals surface area contributed by atoms with Gasteiger partial charge in [-0.2, -0.15) is 0 Å². The van der Waals surface area contributed by atoms with Gasteiger partial charge in [0.1, 0.15) is 11.6 Å². The number of aliphatic hydroxyl groups excluding tert-OH is 1. The van der Waals surface area contributed by atoms with Gasteiger partial charge in [0.2, 0.25) is 17.7 Å². The number of amides is 3. The Bertz CT molecular complexity index is 1240. The molecule has 6 atom stereocenters. The third-order valence-electron chi connectivity index (χ3n) is 9.74. The molecule has 1 aromatic carbocycles. The highest BCUT2D eigenvalue weighted by molar-refractivity contribution is 6.00. The maximum atomic E-state index is 14.5. The SMILES string of the molecule is CC[C@@H](CO)N1C(=O)[C@@H]2[C@H]3C(=O)N(Cc4ccccc4)CC=C[C@@]3(C)O[C@@]23C=CCN(CCN2CCOCC2)C(=O)C13. The Hall–Kier alpha value is -3.05. The van der Waals surface area contributed by atoms with Crippen molar-refractivity contribution in [3.8, 4) is 0 Å². The molecular weight excluding hydrogens is 536 g/mol. The van der Waals surface area contributed by atoms with Crippen molar-refractivity contribution in [2.24, 2.45) is 11.8 Å². The summed E-state index contributed by atoms with van der Waals surface area (Å²) in [6.45, 7) is 8.88.